The Labute approximate surface area is 206 Å². The molecular weight excluding hydrogens is 478 g/mol. The summed E-state index contributed by atoms with van der Waals surface area (Å²) >= 11 is 5.96. The smallest absolute Gasteiger partial charge is 0.242 e. The molecule has 0 aliphatic carbocycles. The molecule has 0 spiro atoms. The molecule has 2 aromatic carbocycles. The van der Waals surface area contributed by atoms with E-state index in [1.807, 2.05) is 12.1 Å². The van der Waals surface area contributed by atoms with Gasteiger partial charge in [0.2, 0.25) is 21.8 Å². The van der Waals surface area contributed by atoms with E-state index in [0.717, 1.165) is 11.1 Å². The largest absolute Gasteiger partial charge is 0.396 e. The van der Waals surface area contributed by atoms with Crippen molar-refractivity contribution < 1.29 is 23.1 Å². The molecule has 0 bridgehead atoms. The van der Waals surface area contributed by atoms with Crippen LogP contribution in [0.15, 0.2) is 53.4 Å². The molecule has 10 heteroatoms. The lowest BCUT2D eigenvalue weighted by Crippen LogP contribution is -2.47. The predicted octanol–water partition coefficient (Wildman–Crippen LogP) is 2.49. The lowest BCUT2D eigenvalue weighted by atomic mass is 10.1. The lowest BCUT2D eigenvalue weighted by Gasteiger charge is -2.29. The second kappa shape index (κ2) is 13.4. The Morgan fingerprint density at radius 1 is 1.06 bits per heavy atom. The number of benzene rings is 2. The first-order valence-corrected chi connectivity index (χ1v) is 13.0. The second-order valence-electron chi connectivity index (χ2n) is 7.84. The van der Waals surface area contributed by atoms with Crippen LogP contribution in [0.3, 0.4) is 0 Å². The van der Waals surface area contributed by atoms with Gasteiger partial charge in [-0.3, -0.25) is 9.59 Å². The second-order valence-corrected chi connectivity index (χ2v) is 10.0. The highest BCUT2D eigenvalue weighted by Gasteiger charge is 2.25. The molecule has 1 unspecified atom stereocenters. The Morgan fingerprint density at radius 3 is 2.26 bits per heavy atom. The molecule has 2 aromatic rings. The maximum atomic E-state index is 13.1. The van der Waals surface area contributed by atoms with E-state index >= 15 is 0 Å². The first kappa shape index (κ1) is 27.8. The van der Waals surface area contributed by atoms with Gasteiger partial charge in [0.05, 0.1) is 4.90 Å². The Kier molecular flexibility index (Phi) is 11.0. The van der Waals surface area contributed by atoms with Gasteiger partial charge in [-0.1, -0.05) is 42.8 Å². The number of nitrogens with one attached hydrogen (secondary N) is 2. The van der Waals surface area contributed by atoms with Gasteiger partial charge in [0.15, 0.2) is 0 Å². The minimum atomic E-state index is -3.53. The summed E-state index contributed by atoms with van der Waals surface area (Å²) in [6, 6.07) is 12.8. The lowest BCUT2D eigenvalue weighted by molar-refractivity contribution is -0.140. The number of halogens is 1. The summed E-state index contributed by atoms with van der Waals surface area (Å²) in [5.74, 6) is -0.502. The molecule has 0 aliphatic heterocycles. The fourth-order valence-corrected chi connectivity index (χ4v) is 4.48. The van der Waals surface area contributed by atoms with Gasteiger partial charge < -0.3 is 15.3 Å². The van der Waals surface area contributed by atoms with E-state index in [9.17, 15) is 18.0 Å². The van der Waals surface area contributed by atoms with Gasteiger partial charge in [0.1, 0.15) is 6.04 Å². The highest BCUT2D eigenvalue weighted by Crippen LogP contribution is 2.16. The van der Waals surface area contributed by atoms with Gasteiger partial charge in [-0.05, 0) is 55.2 Å². The summed E-state index contributed by atoms with van der Waals surface area (Å²) in [4.78, 5) is 27.4. The van der Waals surface area contributed by atoms with Gasteiger partial charge >= 0.3 is 0 Å². The van der Waals surface area contributed by atoms with Crippen molar-refractivity contribution in [2.75, 3.05) is 19.7 Å². The summed E-state index contributed by atoms with van der Waals surface area (Å²) in [5.41, 5.74) is 1.65. The fraction of sp³-hybridized carbons (Fsp3) is 0.417. The number of amides is 2. The number of hydrogen-bond acceptors (Lipinski definition) is 5. The molecule has 8 nitrogen and oxygen atoms in total. The van der Waals surface area contributed by atoms with Crippen LogP contribution in [0.4, 0.5) is 0 Å². The highest BCUT2D eigenvalue weighted by atomic mass is 35.5. The quantitative estimate of drug-likeness (QED) is 0.359. The molecule has 0 heterocycles. The number of sulfonamides is 1. The Morgan fingerprint density at radius 2 is 1.68 bits per heavy atom. The van der Waals surface area contributed by atoms with Crippen molar-refractivity contribution in [2.24, 2.45) is 0 Å². The Balaban J connectivity index is 2.10. The van der Waals surface area contributed by atoms with E-state index in [0.29, 0.717) is 31.0 Å². The third-order valence-electron chi connectivity index (χ3n) is 5.26. The zero-order valence-corrected chi connectivity index (χ0v) is 21.0. The van der Waals surface area contributed by atoms with Gasteiger partial charge in [-0.15, -0.1) is 0 Å². The molecule has 0 saturated heterocycles. The highest BCUT2D eigenvalue weighted by molar-refractivity contribution is 7.89. The molecule has 34 heavy (non-hydrogen) atoms. The van der Waals surface area contributed by atoms with Crippen molar-refractivity contribution >= 4 is 33.4 Å². The van der Waals surface area contributed by atoms with Crippen molar-refractivity contribution in [1.29, 1.82) is 0 Å². The number of rotatable bonds is 13. The van der Waals surface area contributed by atoms with Crippen LogP contribution >= 0.6 is 11.6 Å². The van der Waals surface area contributed by atoms with Gasteiger partial charge in [0.25, 0.3) is 0 Å². The van der Waals surface area contributed by atoms with E-state index in [-0.39, 0.29) is 36.3 Å². The molecule has 0 aromatic heterocycles. The Hall–Kier alpha value is -2.46. The number of hydrogen-bond donors (Lipinski definition) is 3. The molecule has 2 amide bonds. The van der Waals surface area contributed by atoms with Crippen LogP contribution in [0, 0.1) is 0 Å². The minimum Gasteiger partial charge on any atom is -0.396 e. The maximum Gasteiger partial charge on any atom is 0.242 e. The third-order valence-corrected chi connectivity index (χ3v) is 7.08. The van der Waals surface area contributed by atoms with Crippen LogP contribution in [0.5, 0.6) is 0 Å². The molecule has 0 radical (unpaired) electrons. The van der Waals surface area contributed by atoms with Crippen LogP contribution in [0.25, 0.3) is 0 Å². The van der Waals surface area contributed by atoms with E-state index in [4.69, 9.17) is 16.7 Å². The number of aliphatic hydroxyl groups is 1. The zero-order chi connectivity index (χ0) is 25.1. The van der Waals surface area contributed by atoms with Crippen molar-refractivity contribution in [3.05, 3.63) is 64.7 Å². The van der Waals surface area contributed by atoms with E-state index in [1.165, 1.54) is 17.0 Å². The van der Waals surface area contributed by atoms with E-state index in [2.05, 4.69) is 10.0 Å². The normalized spacial score (nSPS) is 12.2. The third kappa shape index (κ3) is 8.39. The topological polar surface area (TPSA) is 116 Å². The van der Waals surface area contributed by atoms with Gasteiger partial charge in [-0.25, -0.2) is 13.1 Å². The fourth-order valence-electron chi connectivity index (χ4n) is 3.31. The predicted molar refractivity (Wildman–Crippen MR) is 132 cm³/mol. The van der Waals surface area contributed by atoms with E-state index in [1.54, 1.807) is 38.1 Å². The summed E-state index contributed by atoms with van der Waals surface area (Å²) in [6.07, 6.45) is 0.987. The van der Waals surface area contributed by atoms with Crippen molar-refractivity contribution in [3.63, 3.8) is 0 Å². The van der Waals surface area contributed by atoms with Crippen LogP contribution in [0.1, 0.15) is 37.8 Å². The average Bonchev–Trinajstić information content (AvgIpc) is 2.82. The van der Waals surface area contributed by atoms with Crippen molar-refractivity contribution in [3.8, 4) is 0 Å². The number of carbonyl (C=O) groups excluding carboxylic acids is 2. The van der Waals surface area contributed by atoms with Crippen LogP contribution in [0.2, 0.25) is 5.02 Å². The summed E-state index contributed by atoms with van der Waals surface area (Å²) in [7, 11) is -3.53. The van der Waals surface area contributed by atoms with Crippen LogP contribution in [-0.4, -0.2) is 56.0 Å². The maximum absolute atomic E-state index is 13.1. The number of carbonyl (C=O) groups is 2. The number of nitrogens with zero attached hydrogens (tertiary/aromatic N) is 1. The minimum absolute atomic E-state index is 0.0311. The summed E-state index contributed by atoms with van der Waals surface area (Å²) in [6.45, 7) is 4.21. The average molecular weight is 510 g/mol. The standard InChI is InChI=1S/C24H32ClN3O5S/c1-3-27-34(32,33)22-12-7-19(8-13-22)9-14-23(30)28(17-20-5-10-21(25)11-6-20)18(2)24(31)26-15-4-16-29/h5-8,10-13,18,27,29H,3-4,9,14-17H2,1-2H3,(H,26,31). The molecule has 0 fully saturated rings. The molecule has 3 N–H and O–H groups in total. The van der Waals surface area contributed by atoms with Crippen molar-refractivity contribution in [1.82, 2.24) is 14.9 Å². The number of aliphatic hydroxyl groups excluding tert-OH is 1. The van der Waals surface area contributed by atoms with Gasteiger partial charge in [0, 0.05) is 37.7 Å². The first-order valence-electron chi connectivity index (χ1n) is 11.2. The summed E-state index contributed by atoms with van der Waals surface area (Å²) < 4.78 is 26.6. The summed E-state index contributed by atoms with van der Waals surface area (Å²) in [5, 5.41) is 12.3. The molecule has 0 aliphatic rings. The molecule has 0 saturated carbocycles. The Bertz CT molecular complexity index is 1040. The first-order chi connectivity index (χ1) is 16.2. The SMILES string of the molecule is CCNS(=O)(=O)c1ccc(CCC(=O)N(Cc2ccc(Cl)cc2)C(C)C(=O)NCCCO)cc1. The van der Waals surface area contributed by atoms with Crippen LogP contribution < -0.4 is 10.0 Å². The molecule has 2 rings (SSSR count). The monoisotopic (exact) mass is 509 g/mol. The van der Waals surface area contributed by atoms with Crippen LogP contribution in [-0.2, 0) is 32.6 Å². The molecule has 1 atom stereocenters. The van der Waals surface area contributed by atoms with E-state index < -0.39 is 16.1 Å². The van der Waals surface area contributed by atoms with Gasteiger partial charge in [-0.2, -0.15) is 0 Å². The van der Waals surface area contributed by atoms with Crippen molar-refractivity contribution in [2.45, 2.75) is 50.6 Å². The molecule has 186 valence electrons. The molecular formula is C24H32ClN3O5S. The number of aryl methyl sites for hydroxylation is 1. The zero-order valence-electron chi connectivity index (χ0n) is 19.5.